The Labute approximate surface area is 119 Å². The Hall–Kier alpha value is -1.49. The molecule has 1 saturated carbocycles. The van der Waals surface area contributed by atoms with Crippen LogP contribution in [0.3, 0.4) is 0 Å². The lowest BCUT2D eigenvalue weighted by molar-refractivity contribution is 0.517. The first-order valence-corrected chi connectivity index (χ1v) is 7.17. The van der Waals surface area contributed by atoms with Gasteiger partial charge in [-0.3, -0.25) is 9.48 Å². The van der Waals surface area contributed by atoms with E-state index in [2.05, 4.69) is 15.9 Å². The zero-order chi connectivity index (χ0) is 13.6. The predicted octanol–water partition coefficient (Wildman–Crippen LogP) is 2.46. The summed E-state index contributed by atoms with van der Waals surface area (Å²) in [6, 6.07) is 7.93. The topological polar surface area (TPSA) is 52.9 Å². The Morgan fingerprint density at radius 3 is 2.68 bits per heavy atom. The van der Waals surface area contributed by atoms with Gasteiger partial charge in [-0.25, -0.2) is 4.68 Å². The Morgan fingerprint density at radius 1 is 1.37 bits per heavy atom. The van der Waals surface area contributed by atoms with Gasteiger partial charge in [0.1, 0.15) is 5.69 Å². The van der Waals surface area contributed by atoms with Crippen LogP contribution in [0.15, 0.2) is 33.5 Å². The molecule has 5 heteroatoms. The number of nitrogens with two attached hydrogens (primary N) is 1. The van der Waals surface area contributed by atoms with E-state index >= 15 is 0 Å². The van der Waals surface area contributed by atoms with E-state index in [1.807, 2.05) is 36.0 Å². The van der Waals surface area contributed by atoms with Crippen LogP contribution < -0.4 is 11.3 Å². The van der Waals surface area contributed by atoms with Crippen LogP contribution in [0.5, 0.6) is 0 Å². The Morgan fingerprint density at radius 2 is 2.05 bits per heavy atom. The maximum Gasteiger partial charge on any atom is 0.290 e. The van der Waals surface area contributed by atoms with Crippen LogP contribution in [0.2, 0.25) is 0 Å². The Kier molecular flexibility index (Phi) is 3.01. The average Bonchev–Trinajstić information content (AvgIpc) is 3.18. The van der Waals surface area contributed by atoms with E-state index in [1.165, 1.54) is 0 Å². The van der Waals surface area contributed by atoms with Gasteiger partial charge in [0.25, 0.3) is 5.56 Å². The molecule has 0 aliphatic heterocycles. The Balaban J connectivity index is 2.04. The SMILES string of the molecule is Cn1c(C2CC2)c(N)c(=O)n1Cc1ccccc1Br. The number of rotatable bonds is 3. The summed E-state index contributed by atoms with van der Waals surface area (Å²) in [5.74, 6) is 0.471. The molecule has 1 aromatic heterocycles. The minimum atomic E-state index is -0.0832. The van der Waals surface area contributed by atoms with E-state index in [9.17, 15) is 4.79 Å². The summed E-state index contributed by atoms with van der Waals surface area (Å²) in [4.78, 5) is 12.3. The van der Waals surface area contributed by atoms with Crippen LogP contribution in [-0.2, 0) is 13.6 Å². The minimum absolute atomic E-state index is 0.0832. The van der Waals surface area contributed by atoms with Gasteiger partial charge in [0, 0.05) is 17.4 Å². The van der Waals surface area contributed by atoms with Crippen molar-refractivity contribution in [1.82, 2.24) is 9.36 Å². The van der Waals surface area contributed by atoms with Crippen molar-refractivity contribution in [3.8, 4) is 0 Å². The van der Waals surface area contributed by atoms with Crippen molar-refractivity contribution in [1.29, 1.82) is 0 Å². The molecule has 1 fully saturated rings. The fraction of sp³-hybridized carbons (Fsp3) is 0.357. The molecule has 0 saturated heterocycles. The zero-order valence-corrected chi connectivity index (χ0v) is 12.4. The van der Waals surface area contributed by atoms with E-state index in [0.29, 0.717) is 18.2 Å². The van der Waals surface area contributed by atoms with Crippen molar-refractivity contribution in [2.45, 2.75) is 25.3 Å². The quantitative estimate of drug-likeness (QED) is 0.944. The summed E-state index contributed by atoms with van der Waals surface area (Å²) in [7, 11) is 1.92. The number of hydrogen-bond acceptors (Lipinski definition) is 2. The molecule has 0 unspecified atom stereocenters. The third-order valence-electron chi connectivity index (χ3n) is 3.69. The highest BCUT2D eigenvalue weighted by Gasteiger charge is 2.31. The molecule has 4 nitrogen and oxygen atoms in total. The highest BCUT2D eigenvalue weighted by Crippen LogP contribution is 2.41. The highest BCUT2D eigenvalue weighted by atomic mass is 79.9. The maximum atomic E-state index is 12.3. The summed E-state index contributed by atoms with van der Waals surface area (Å²) in [5, 5.41) is 0. The molecule has 2 aromatic rings. The van der Waals surface area contributed by atoms with Gasteiger partial charge in [0.05, 0.1) is 12.2 Å². The molecule has 1 aliphatic rings. The van der Waals surface area contributed by atoms with Crippen LogP contribution in [0, 0.1) is 0 Å². The van der Waals surface area contributed by atoms with E-state index in [1.54, 1.807) is 4.68 Å². The molecular weight excluding hydrogens is 306 g/mol. The van der Waals surface area contributed by atoms with Gasteiger partial charge in [0.15, 0.2) is 0 Å². The second kappa shape index (κ2) is 4.56. The summed E-state index contributed by atoms with van der Waals surface area (Å²) in [6.07, 6.45) is 2.27. The number of aromatic nitrogens is 2. The zero-order valence-electron chi connectivity index (χ0n) is 10.8. The van der Waals surface area contributed by atoms with Gasteiger partial charge in [-0.15, -0.1) is 0 Å². The second-order valence-electron chi connectivity index (χ2n) is 5.05. The van der Waals surface area contributed by atoms with Gasteiger partial charge >= 0.3 is 0 Å². The first kappa shape index (κ1) is 12.5. The lowest BCUT2D eigenvalue weighted by atomic mass is 10.2. The molecule has 1 aliphatic carbocycles. The fourth-order valence-corrected chi connectivity index (χ4v) is 2.91. The number of nitrogens with zero attached hydrogens (tertiary/aromatic N) is 2. The minimum Gasteiger partial charge on any atom is -0.393 e. The predicted molar refractivity (Wildman–Crippen MR) is 79.3 cm³/mol. The lowest BCUT2D eigenvalue weighted by Crippen LogP contribution is -2.23. The molecule has 0 bridgehead atoms. The summed E-state index contributed by atoms with van der Waals surface area (Å²) >= 11 is 3.51. The molecule has 100 valence electrons. The number of benzene rings is 1. The summed E-state index contributed by atoms with van der Waals surface area (Å²) in [5.41, 5.74) is 8.38. The standard InChI is InChI=1S/C14H16BrN3O/c1-17-13(9-6-7-9)12(16)14(19)18(17)8-10-4-2-3-5-11(10)15/h2-5,9H,6-8,16H2,1H3. The summed E-state index contributed by atoms with van der Waals surface area (Å²) in [6.45, 7) is 0.535. The first-order valence-electron chi connectivity index (χ1n) is 6.38. The lowest BCUT2D eigenvalue weighted by Gasteiger charge is -2.10. The van der Waals surface area contributed by atoms with Gasteiger partial charge in [-0.05, 0) is 24.5 Å². The molecule has 1 heterocycles. The van der Waals surface area contributed by atoms with E-state index < -0.39 is 0 Å². The van der Waals surface area contributed by atoms with Crippen LogP contribution >= 0.6 is 15.9 Å². The van der Waals surface area contributed by atoms with Crippen molar-refractivity contribution < 1.29 is 0 Å². The molecule has 2 N–H and O–H groups in total. The summed E-state index contributed by atoms with van der Waals surface area (Å²) < 4.78 is 4.65. The van der Waals surface area contributed by atoms with Gasteiger partial charge in [-0.1, -0.05) is 34.1 Å². The third kappa shape index (κ3) is 2.12. The third-order valence-corrected chi connectivity index (χ3v) is 4.47. The molecular formula is C14H16BrN3O. The molecule has 0 amide bonds. The van der Waals surface area contributed by atoms with E-state index in [-0.39, 0.29) is 5.56 Å². The second-order valence-corrected chi connectivity index (χ2v) is 5.91. The largest absolute Gasteiger partial charge is 0.393 e. The van der Waals surface area contributed by atoms with E-state index in [4.69, 9.17) is 5.73 Å². The molecule has 1 aromatic carbocycles. The van der Waals surface area contributed by atoms with Crippen LogP contribution in [0.1, 0.15) is 30.0 Å². The van der Waals surface area contributed by atoms with Crippen molar-refractivity contribution in [2.24, 2.45) is 7.05 Å². The van der Waals surface area contributed by atoms with Gasteiger partial charge < -0.3 is 5.73 Å². The van der Waals surface area contributed by atoms with Crippen molar-refractivity contribution in [3.05, 3.63) is 50.3 Å². The smallest absolute Gasteiger partial charge is 0.290 e. The fourth-order valence-electron chi connectivity index (χ4n) is 2.50. The number of halogens is 1. The van der Waals surface area contributed by atoms with Crippen molar-refractivity contribution in [3.63, 3.8) is 0 Å². The number of anilines is 1. The normalized spacial score (nSPS) is 14.8. The molecule has 0 atom stereocenters. The monoisotopic (exact) mass is 321 g/mol. The molecule has 19 heavy (non-hydrogen) atoms. The Bertz CT molecular complexity index is 682. The number of hydrogen-bond donors (Lipinski definition) is 1. The van der Waals surface area contributed by atoms with Crippen LogP contribution in [-0.4, -0.2) is 9.36 Å². The van der Waals surface area contributed by atoms with Crippen LogP contribution in [0.25, 0.3) is 0 Å². The molecule has 0 spiro atoms. The first-order chi connectivity index (χ1) is 9.09. The number of nitrogen functional groups attached to an aromatic ring is 1. The average molecular weight is 322 g/mol. The van der Waals surface area contributed by atoms with Crippen molar-refractivity contribution in [2.75, 3.05) is 5.73 Å². The van der Waals surface area contributed by atoms with Crippen LogP contribution in [0.4, 0.5) is 5.69 Å². The van der Waals surface area contributed by atoms with Gasteiger partial charge in [0.2, 0.25) is 0 Å². The van der Waals surface area contributed by atoms with Gasteiger partial charge in [-0.2, -0.15) is 0 Å². The highest BCUT2D eigenvalue weighted by molar-refractivity contribution is 9.10. The maximum absolute atomic E-state index is 12.3. The van der Waals surface area contributed by atoms with E-state index in [0.717, 1.165) is 28.6 Å². The van der Waals surface area contributed by atoms with Crippen molar-refractivity contribution >= 4 is 21.6 Å². The molecule has 3 rings (SSSR count). The molecule has 0 radical (unpaired) electrons.